The predicted molar refractivity (Wildman–Crippen MR) is 73.6 cm³/mol. The Balaban J connectivity index is 2.17. The smallest absolute Gasteiger partial charge is 0.164 e. The molecule has 1 aromatic carbocycles. The Labute approximate surface area is 113 Å². The van der Waals surface area contributed by atoms with E-state index in [1.54, 1.807) is 13.2 Å². The second kappa shape index (κ2) is 5.75. The number of carbonyl (C=O) groups is 1. The molecule has 0 atom stereocenters. The Hall–Kier alpha value is -1.02. The van der Waals surface area contributed by atoms with Gasteiger partial charge in [-0.25, -0.2) is 0 Å². The number of hydrogen-bond donors (Lipinski definition) is 0. The highest BCUT2D eigenvalue weighted by Gasteiger charge is 2.21. The maximum atomic E-state index is 12.2. The summed E-state index contributed by atoms with van der Waals surface area (Å²) in [6.07, 6.45) is 5.50. The van der Waals surface area contributed by atoms with E-state index in [4.69, 9.17) is 16.3 Å². The van der Waals surface area contributed by atoms with Crippen LogP contribution in [0.1, 0.15) is 48.0 Å². The molecule has 0 N–H and O–H groups in total. The molecule has 18 heavy (non-hydrogen) atoms. The molecular formula is C15H19ClO2. The van der Waals surface area contributed by atoms with Gasteiger partial charge in [0, 0.05) is 17.5 Å². The van der Waals surface area contributed by atoms with Gasteiger partial charge < -0.3 is 4.74 Å². The molecule has 98 valence electrons. The molecule has 1 aliphatic rings. The summed E-state index contributed by atoms with van der Waals surface area (Å²) >= 11 is 6.26. The van der Waals surface area contributed by atoms with Crippen LogP contribution in [-0.4, -0.2) is 12.9 Å². The lowest BCUT2D eigenvalue weighted by Gasteiger charge is -2.12. The summed E-state index contributed by atoms with van der Waals surface area (Å²) in [7, 11) is 1.61. The van der Waals surface area contributed by atoms with Crippen LogP contribution in [0.4, 0.5) is 0 Å². The van der Waals surface area contributed by atoms with E-state index in [9.17, 15) is 4.79 Å². The lowest BCUT2D eigenvalue weighted by atomic mass is 9.96. The fourth-order valence-corrected chi connectivity index (χ4v) is 2.95. The Morgan fingerprint density at radius 2 is 2.06 bits per heavy atom. The summed E-state index contributed by atoms with van der Waals surface area (Å²) in [5, 5.41) is 0.539. The quantitative estimate of drug-likeness (QED) is 0.754. The van der Waals surface area contributed by atoms with Crippen molar-refractivity contribution in [2.24, 2.45) is 5.92 Å². The Morgan fingerprint density at radius 1 is 1.39 bits per heavy atom. The maximum absolute atomic E-state index is 12.2. The van der Waals surface area contributed by atoms with Gasteiger partial charge in [0.15, 0.2) is 5.78 Å². The molecule has 0 aromatic heterocycles. The van der Waals surface area contributed by atoms with Crippen molar-refractivity contribution in [1.29, 1.82) is 0 Å². The summed E-state index contributed by atoms with van der Waals surface area (Å²) in [5.41, 5.74) is 1.48. The zero-order chi connectivity index (χ0) is 13.1. The fraction of sp³-hybridized carbons (Fsp3) is 0.533. The molecule has 2 nitrogen and oxygen atoms in total. The Morgan fingerprint density at radius 3 is 2.67 bits per heavy atom. The van der Waals surface area contributed by atoms with Crippen LogP contribution in [-0.2, 0) is 0 Å². The minimum Gasteiger partial charge on any atom is -0.496 e. The van der Waals surface area contributed by atoms with E-state index >= 15 is 0 Å². The van der Waals surface area contributed by atoms with Crippen LogP contribution in [0.15, 0.2) is 12.1 Å². The molecule has 0 unspecified atom stereocenters. The van der Waals surface area contributed by atoms with Gasteiger partial charge in [0.25, 0.3) is 0 Å². The van der Waals surface area contributed by atoms with Crippen LogP contribution in [0.5, 0.6) is 5.75 Å². The second-order valence-corrected chi connectivity index (χ2v) is 5.41. The zero-order valence-electron chi connectivity index (χ0n) is 11.0. The summed E-state index contributed by atoms with van der Waals surface area (Å²) in [6.45, 7) is 1.88. The van der Waals surface area contributed by atoms with Crippen LogP contribution < -0.4 is 4.74 Å². The van der Waals surface area contributed by atoms with E-state index in [0.717, 1.165) is 11.3 Å². The average molecular weight is 267 g/mol. The van der Waals surface area contributed by atoms with Crippen LogP contribution in [0.25, 0.3) is 0 Å². The monoisotopic (exact) mass is 266 g/mol. The minimum absolute atomic E-state index is 0.164. The first-order valence-corrected chi connectivity index (χ1v) is 6.87. The molecule has 0 aliphatic heterocycles. The van der Waals surface area contributed by atoms with Crippen molar-refractivity contribution in [1.82, 2.24) is 0 Å². The molecule has 0 bridgehead atoms. The van der Waals surface area contributed by atoms with E-state index in [0.29, 0.717) is 22.9 Å². The Kier molecular flexibility index (Phi) is 4.28. The van der Waals surface area contributed by atoms with Crippen molar-refractivity contribution in [3.05, 3.63) is 28.3 Å². The SMILES string of the molecule is COc1ccc(C(=O)CC2CCCC2)c(Cl)c1C. The van der Waals surface area contributed by atoms with Crippen LogP contribution in [0.2, 0.25) is 5.02 Å². The van der Waals surface area contributed by atoms with Crippen molar-refractivity contribution >= 4 is 17.4 Å². The van der Waals surface area contributed by atoms with Crippen molar-refractivity contribution in [3.63, 3.8) is 0 Å². The average Bonchev–Trinajstić information content (AvgIpc) is 2.85. The van der Waals surface area contributed by atoms with Crippen LogP contribution >= 0.6 is 11.6 Å². The largest absolute Gasteiger partial charge is 0.496 e. The third-order valence-corrected chi connectivity index (χ3v) is 4.29. The van der Waals surface area contributed by atoms with Gasteiger partial charge in [0.2, 0.25) is 0 Å². The number of ketones is 1. The van der Waals surface area contributed by atoms with Gasteiger partial charge in [-0.2, -0.15) is 0 Å². The van der Waals surface area contributed by atoms with Crippen LogP contribution in [0.3, 0.4) is 0 Å². The number of Topliss-reactive ketones (excluding diaryl/α,β-unsaturated/α-hetero) is 1. The van der Waals surface area contributed by atoms with Crippen LogP contribution in [0, 0.1) is 12.8 Å². The number of rotatable bonds is 4. The topological polar surface area (TPSA) is 26.3 Å². The van der Waals surface area contributed by atoms with E-state index in [-0.39, 0.29) is 5.78 Å². The Bertz CT molecular complexity index is 448. The predicted octanol–water partition coefficient (Wildman–Crippen LogP) is 4.42. The lowest BCUT2D eigenvalue weighted by Crippen LogP contribution is -2.07. The molecule has 1 aromatic rings. The summed E-state index contributed by atoms with van der Waals surface area (Å²) < 4.78 is 5.20. The first kappa shape index (κ1) is 13.4. The summed E-state index contributed by atoms with van der Waals surface area (Å²) in [4.78, 5) is 12.2. The number of halogens is 1. The molecule has 0 heterocycles. The van der Waals surface area contributed by atoms with Crippen molar-refractivity contribution in [3.8, 4) is 5.75 Å². The molecule has 3 heteroatoms. The highest BCUT2D eigenvalue weighted by Crippen LogP contribution is 2.33. The number of hydrogen-bond acceptors (Lipinski definition) is 2. The molecule has 1 aliphatic carbocycles. The number of carbonyl (C=O) groups excluding carboxylic acids is 1. The van der Waals surface area contributed by atoms with Gasteiger partial charge in [-0.1, -0.05) is 37.3 Å². The number of methoxy groups -OCH3 is 1. The molecule has 0 amide bonds. The lowest BCUT2D eigenvalue weighted by molar-refractivity contribution is 0.0962. The zero-order valence-corrected chi connectivity index (χ0v) is 11.7. The summed E-state index contributed by atoms with van der Waals surface area (Å²) in [6, 6.07) is 3.61. The summed E-state index contributed by atoms with van der Waals surface area (Å²) in [5.74, 6) is 1.45. The third-order valence-electron chi connectivity index (χ3n) is 3.81. The molecule has 0 saturated heterocycles. The van der Waals surface area contributed by atoms with Crippen molar-refractivity contribution in [2.75, 3.05) is 7.11 Å². The van der Waals surface area contributed by atoms with E-state index in [1.165, 1.54) is 25.7 Å². The van der Waals surface area contributed by atoms with Gasteiger partial charge in [0.1, 0.15) is 5.75 Å². The second-order valence-electron chi connectivity index (χ2n) is 5.03. The first-order valence-electron chi connectivity index (χ1n) is 6.49. The molecule has 0 radical (unpaired) electrons. The van der Waals surface area contributed by atoms with Gasteiger partial charge in [-0.3, -0.25) is 4.79 Å². The van der Waals surface area contributed by atoms with Gasteiger partial charge in [0.05, 0.1) is 12.1 Å². The molecule has 0 spiro atoms. The van der Waals surface area contributed by atoms with Crippen molar-refractivity contribution < 1.29 is 9.53 Å². The molecule has 2 rings (SSSR count). The first-order chi connectivity index (χ1) is 8.63. The van der Waals surface area contributed by atoms with Gasteiger partial charge in [-0.15, -0.1) is 0 Å². The third kappa shape index (κ3) is 2.69. The molecular weight excluding hydrogens is 248 g/mol. The minimum atomic E-state index is 0.164. The standard InChI is InChI=1S/C15H19ClO2/c1-10-14(18-2)8-7-12(15(10)16)13(17)9-11-5-3-4-6-11/h7-8,11H,3-6,9H2,1-2H3. The van der Waals surface area contributed by atoms with Gasteiger partial charge in [-0.05, 0) is 25.0 Å². The van der Waals surface area contributed by atoms with E-state index in [2.05, 4.69) is 0 Å². The van der Waals surface area contributed by atoms with E-state index < -0.39 is 0 Å². The van der Waals surface area contributed by atoms with Gasteiger partial charge >= 0.3 is 0 Å². The molecule has 1 fully saturated rings. The normalized spacial score (nSPS) is 15.9. The fourth-order valence-electron chi connectivity index (χ4n) is 2.69. The molecule has 1 saturated carbocycles. The maximum Gasteiger partial charge on any atom is 0.164 e. The number of ether oxygens (including phenoxy) is 1. The van der Waals surface area contributed by atoms with Crippen molar-refractivity contribution in [2.45, 2.75) is 39.0 Å². The van der Waals surface area contributed by atoms with E-state index in [1.807, 2.05) is 13.0 Å². The number of benzene rings is 1. The highest BCUT2D eigenvalue weighted by atomic mass is 35.5. The highest BCUT2D eigenvalue weighted by molar-refractivity contribution is 6.34.